The van der Waals surface area contributed by atoms with E-state index < -0.39 is 0 Å². The van der Waals surface area contributed by atoms with E-state index in [1.165, 1.54) is 0 Å². The van der Waals surface area contributed by atoms with Gasteiger partial charge in [0.1, 0.15) is 11.6 Å². The number of hydrogen-bond acceptors (Lipinski definition) is 5. The summed E-state index contributed by atoms with van der Waals surface area (Å²) in [6, 6.07) is 14.5. The van der Waals surface area contributed by atoms with E-state index in [4.69, 9.17) is 4.74 Å². The molecule has 0 spiro atoms. The van der Waals surface area contributed by atoms with Crippen LogP contribution in [0.3, 0.4) is 0 Å². The lowest BCUT2D eigenvalue weighted by Gasteiger charge is -2.10. The van der Waals surface area contributed by atoms with Crippen LogP contribution in [0.2, 0.25) is 0 Å². The molecule has 134 valence electrons. The molecule has 0 unspecified atom stereocenters. The number of anilines is 2. The first kappa shape index (κ1) is 17.3. The van der Waals surface area contributed by atoms with Crippen molar-refractivity contribution in [3.8, 4) is 11.6 Å². The van der Waals surface area contributed by atoms with Crippen molar-refractivity contribution >= 4 is 17.5 Å². The standard InChI is InChI=1S/C18H20N6O2/c1-26-15-6-4-5-14(13-15)21-18(25)20-10-9-19-16-7-8-17(23-22-16)24-11-2-3-12-24/h2-8,11-13H,9-10H2,1H3,(H,19,22)(H2,20,21,25). The monoisotopic (exact) mass is 352 g/mol. The molecule has 0 aliphatic rings. The van der Waals surface area contributed by atoms with Crippen molar-refractivity contribution in [2.75, 3.05) is 30.8 Å². The fourth-order valence-corrected chi connectivity index (χ4v) is 2.29. The predicted molar refractivity (Wildman–Crippen MR) is 99.9 cm³/mol. The Kier molecular flexibility index (Phi) is 5.66. The Balaban J connectivity index is 1.40. The molecule has 3 aromatic rings. The van der Waals surface area contributed by atoms with Gasteiger partial charge in [-0.2, -0.15) is 0 Å². The third kappa shape index (κ3) is 4.73. The summed E-state index contributed by atoms with van der Waals surface area (Å²) >= 11 is 0. The maximum absolute atomic E-state index is 11.9. The molecule has 26 heavy (non-hydrogen) atoms. The van der Waals surface area contributed by atoms with Crippen molar-refractivity contribution in [1.29, 1.82) is 0 Å². The second-order valence-electron chi connectivity index (χ2n) is 5.41. The highest BCUT2D eigenvalue weighted by molar-refractivity contribution is 5.89. The Morgan fingerprint density at radius 3 is 2.65 bits per heavy atom. The summed E-state index contributed by atoms with van der Waals surface area (Å²) in [5.41, 5.74) is 0.668. The third-order valence-corrected chi connectivity index (χ3v) is 3.56. The molecule has 0 saturated heterocycles. The van der Waals surface area contributed by atoms with E-state index >= 15 is 0 Å². The summed E-state index contributed by atoms with van der Waals surface area (Å²) in [5, 5.41) is 16.9. The topological polar surface area (TPSA) is 93.1 Å². The Labute approximate surface area is 151 Å². The van der Waals surface area contributed by atoms with Crippen LogP contribution in [0.4, 0.5) is 16.3 Å². The first-order chi connectivity index (χ1) is 12.7. The van der Waals surface area contributed by atoms with Crippen LogP contribution in [0.5, 0.6) is 5.75 Å². The molecule has 2 aromatic heterocycles. The molecule has 0 saturated carbocycles. The number of amides is 2. The predicted octanol–water partition coefficient (Wildman–Crippen LogP) is 2.51. The minimum atomic E-state index is -0.283. The van der Waals surface area contributed by atoms with Crippen molar-refractivity contribution < 1.29 is 9.53 Å². The zero-order valence-corrected chi connectivity index (χ0v) is 14.3. The molecule has 8 nitrogen and oxygen atoms in total. The van der Waals surface area contributed by atoms with Gasteiger partial charge in [0, 0.05) is 37.2 Å². The maximum atomic E-state index is 11.9. The Bertz CT molecular complexity index is 833. The SMILES string of the molecule is COc1cccc(NC(=O)NCCNc2ccc(-n3cccc3)nn2)c1. The molecule has 0 radical (unpaired) electrons. The van der Waals surface area contributed by atoms with Crippen LogP contribution in [0.1, 0.15) is 0 Å². The van der Waals surface area contributed by atoms with Crippen molar-refractivity contribution in [3.05, 3.63) is 60.9 Å². The number of carbonyl (C=O) groups is 1. The minimum Gasteiger partial charge on any atom is -0.497 e. The quantitative estimate of drug-likeness (QED) is 0.568. The van der Waals surface area contributed by atoms with E-state index in [1.807, 2.05) is 53.4 Å². The minimum absolute atomic E-state index is 0.283. The van der Waals surface area contributed by atoms with E-state index in [2.05, 4.69) is 26.1 Å². The van der Waals surface area contributed by atoms with Gasteiger partial charge in [-0.3, -0.25) is 0 Å². The van der Waals surface area contributed by atoms with Gasteiger partial charge in [-0.05, 0) is 36.4 Å². The van der Waals surface area contributed by atoms with Crippen LogP contribution in [0.15, 0.2) is 60.9 Å². The van der Waals surface area contributed by atoms with Crippen LogP contribution < -0.4 is 20.7 Å². The largest absolute Gasteiger partial charge is 0.497 e. The second kappa shape index (κ2) is 8.52. The maximum Gasteiger partial charge on any atom is 0.319 e. The van der Waals surface area contributed by atoms with E-state index in [1.54, 1.807) is 19.2 Å². The van der Waals surface area contributed by atoms with Gasteiger partial charge in [0.05, 0.1) is 7.11 Å². The van der Waals surface area contributed by atoms with Crippen LogP contribution in [-0.4, -0.2) is 41.0 Å². The average molecular weight is 352 g/mol. The number of methoxy groups -OCH3 is 1. The molecular weight excluding hydrogens is 332 g/mol. The van der Waals surface area contributed by atoms with Gasteiger partial charge >= 0.3 is 6.03 Å². The normalized spacial score (nSPS) is 10.2. The number of urea groups is 1. The number of aromatic nitrogens is 3. The van der Waals surface area contributed by atoms with Crippen molar-refractivity contribution in [1.82, 2.24) is 20.1 Å². The number of benzene rings is 1. The van der Waals surface area contributed by atoms with Crippen LogP contribution in [0.25, 0.3) is 5.82 Å². The summed E-state index contributed by atoms with van der Waals surface area (Å²) in [4.78, 5) is 11.9. The summed E-state index contributed by atoms with van der Waals surface area (Å²) in [6.45, 7) is 0.972. The molecule has 2 amide bonds. The fourth-order valence-electron chi connectivity index (χ4n) is 2.29. The summed E-state index contributed by atoms with van der Waals surface area (Å²) in [7, 11) is 1.58. The van der Waals surface area contributed by atoms with Gasteiger partial charge in [0.15, 0.2) is 5.82 Å². The summed E-state index contributed by atoms with van der Waals surface area (Å²) in [6.07, 6.45) is 3.81. The van der Waals surface area contributed by atoms with Gasteiger partial charge in [-0.15, -0.1) is 10.2 Å². The lowest BCUT2D eigenvalue weighted by atomic mass is 10.3. The molecule has 0 aliphatic heterocycles. The van der Waals surface area contributed by atoms with Crippen LogP contribution in [-0.2, 0) is 0 Å². The van der Waals surface area contributed by atoms with Gasteiger partial charge in [-0.1, -0.05) is 6.07 Å². The molecule has 0 aliphatic carbocycles. The fraction of sp³-hybridized carbons (Fsp3) is 0.167. The molecule has 3 N–H and O–H groups in total. The van der Waals surface area contributed by atoms with Crippen LogP contribution >= 0.6 is 0 Å². The van der Waals surface area contributed by atoms with Gasteiger partial charge < -0.3 is 25.3 Å². The number of ether oxygens (including phenoxy) is 1. The van der Waals surface area contributed by atoms with Crippen molar-refractivity contribution in [2.45, 2.75) is 0 Å². The molecule has 8 heteroatoms. The van der Waals surface area contributed by atoms with Gasteiger partial charge in [0.2, 0.25) is 0 Å². The number of nitrogens with zero attached hydrogens (tertiary/aromatic N) is 3. The summed E-state index contributed by atoms with van der Waals surface area (Å²) in [5.74, 6) is 2.08. The van der Waals surface area contributed by atoms with E-state index in [0.29, 0.717) is 30.3 Å². The molecule has 0 atom stereocenters. The highest BCUT2D eigenvalue weighted by Gasteiger charge is 2.03. The molecule has 2 heterocycles. The molecule has 0 fully saturated rings. The second-order valence-corrected chi connectivity index (χ2v) is 5.41. The van der Waals surface area contributed by atoms with Crippen molar-refractivity contribution in [3.63, 3.8) is 0 Å². The first-order valence-corrected chi connectivity index (χ1v) is 8.14. The number of rotatable bonds is 7. The molecule has 1 aromatic carbocycles. The average Bonchev–Trinajstić information content (AvgIpc) is 3.21. The molecular formula is C18H20N6O2. The van der Waals surface area contributed by atoms with Gasteiger partial charge in [-0.25, -0.2) is 4.79 Å². The number of carbonyl (C=O) groups excluding carboxylic acids is 1. The van der Waals surface area contributed by atoms with E-state index in [9.17, 15) is 4.79 Å². The lowest BCUT2D eigenvalue weighted by molar-refractivity contribution is 0.252. The highest BCUT2D eigenvalue weighted by atomic mass is 16.5. The highest BCUT2D eigenvalue weighted by Crippen LogP contribution is 2.16. The Hall–Kier alpha value is -3.55. The van der Waals surface area contributed by atoms with Gasteiger partial charge in [0.25, 0.3) is 0 Å². The van der Waals surface area contributed by atoms with Crippen LogP contribution in [0, 0.1) is 0 Å². The Morgan fingerprint density at radius 1 is 1.08 bits per heavy atom. The van der Waals surface area contributed by atoms with E-state index in [0.717, 1.165) is 5.82 Å². The number of hydrogen-bond donors (Lipinski definition) is 3. The van der Waals surface area contributed by atoms with E-state index in [-0.39, 0.29) is 6.03 Å². The lowest BCUT2D eigenvalue weighted by Crippen LogP contribution is -2.32. The zero-order valence-electron chi connectivity index (χ0n) is 14.3. The molecule has 3 rings (SSSR count). The number of nitrogens with one attached hydrogen (secondary N) is 3. The zero-order chi connectivity index (χ0) is 18.2. The first-order valence-electron chi connectivity index (χ1n) is 8.14. The molecule has 0 bridgehead atoms. The Morgan fingerprint density at radius 2 is 1.92 bits per heavy atom. The third-order valence-electron chi connectivity index (χ3n) is 3.56. The summed E-state index contributed by atoms with van der Waals surface area (Å²) < 4.78 is 7.00. The smallest absolute Gasteiger partial charge is 0.319 e. The van der Waals surface area contributed by atoms with Crippen molar-refractivity contribution in [2.24, 2.45) is 0 Å².